The molecule has 1 unspecified atom stereocenters. The number of aliphatic imine (C=N–C) groups is 2. The molecule has 3 aromatic rings. The second kappa shape index (κ2) is 8.19. The highest BCUT2D eigenvalue weighted by Gasteiger charge is 2.46. The lowest BCUT2D eigenvalue weighted by Crippen LogP contribution is -2.43. The SMILES string of the molecule is FC(F)(F)Oc1ccc(C2(c3cccc(-c4cncc(Cl)c4)c3)N=CN3CCCN=C32)cc1. The first-order chi connectivity index (χ1) is 15.8. The van der Waals surface area contributed by atoms with E-state index in [2.05, 4.69) is 9.72 Å². The molecule has 0 spiro atoms. The van der Waals surface area contributed by atoms with E-state index in [1.165, 1.54) is 12.1 Å². The molecule has 5 rings (SSSR count). The normalized spacial score (nSPS) is 19.9. The molecule has 33 heavy (non-hydrogen) atoms. The van der Waals surface area contributed by atoms with Crippen LogP contribution in [0.3, 0.4) is 0 Å². The number of fused-ring (bicyclic) bond motifs is 1. The second-order valence-corrected chi connectivity index (χ2v) is 8.19. The van der Waals surface area contributed by atoms with Gasteiger partial charge < -0.3 is 9.64 Å². The van der Waals surface area contributed by atoms with Gasteiger partial charge in [0.1, 0.15) is 11.6 Å². The summed E-state index contributed by atoms with van der Waals surface area (Å²) >= 11 is 6.13. The average molecular weight is 471 g/mol. The van der Waals surface area contributed by atoms with E-state index in [1.54, 1.807) is 30.9 Å². The summed E-state index contributed by atoms with van der Waals surface area (Å²) in [5.74, 6) is 0.462. The zero-order valence-corrected chi connectivity index (χ0v) is 18.0. The number of nitrogens with zero attached hydrogens (tertiary/aromatic N) is 4. The average Bonchev–Trinajstić information content (AvgIpc) is 3.19. The highest BCUT2D eigenvalue weighted by molar-refractivity contribution is 6.30. The Morgan fingerprint density at radius 2 is 1.79 bits per heavy atom. The smallest absolute Gasteiger partial charge is 0.406 e. The Hall–Kier alpha value is -3.39. The minimum atomic E-state index is -4.76. The van der Waals surface area contributed by atoms with E-state index in [1.807, 2.05) is 35.2 Å². The predicted octanol–water partition coefficient (Wildman–Crippen LogP) is 5.69. The van der Waals surface area contributed by atoms with Gasteiger partial charge in [-0.3, -0.25) is 15.0 Å². The van der Waals surface area contributed by atoms with Crippen LogP contribution in [0.1, 0.15) is 17.5 Å². The molecule has 2 aliphatic heterocycles. The fourth-order valence-electron chi connectivity index (χ4n) is 4.24. The molecule has 1 aromatic heterocycles. The van der Waals surface area contributed by atoms with E-state index in [9.17, 15) is 13.2 Å². The fraction of sp³-hybridized carbons (Fsp3) is 0.208. The van der Waals surface area contributed by atoms with Gasteiger partial charge in [-0.25, -0.2) is 0 Å². The molecular formula is C24H18ClF3N4O. The van der Waals surface area contributed by atoms with E-state index in [0.717, 1.165) is 35.5 Å². The third-order valence-corrected chi connectivity index (χ3v) is 5.84. The highest BCUT2D eigenvalue weighted by atomic mass is 35.5. The number of amidine groups is 1. The van der Waals surface area contributed by atoms with Crippen LogP contribution in [0.2, 0.25) is 5.02 Å². The van der Waals surface area contributed by atoms with Crippen LogP contribution in [0.15, 0.2) is 77.0 Å². The van der Waals surface area contributed by atoms with Crippen LogP contribution in [0.25, 0.3) is 11.1 Å². The quantitative estimate of drug-likeness (QED) is 0.492. The van der Waals surface area contributed by atoms with Gasteiger partial charge in [-0.05, 0) is 47.4 Å². The number of pyridine rings is 1. The maximum Gasteiger partial charge on any atom is 0.573 e. The molecule has 1 atom stereocenters. The molecule has 168 valence electrons. The number of benzene rings is 2. The number of hydrogen-bond acceptors (Lipinski definition) is 5. The molecule has 3 heterocycles. The summed E-state index contributed by atoms with van der Waals surface area (Å²) in [5, 5.41) is 0.523. The van der Waals surface area contributed by atoms with Crippen LogP contribution in [0.5, 0.6) is 5.75 Å². The van der Waals surface area contributed by atoms with Crippen molar-refractivity contribution < 1.29 is 17.9 Å². The van der Waals surface area contributed by atoms with Crippen LogP contribution >= 0.6 is 11.6 Å². The highest BCUT2D eigenvalue weighted by Crippen LogP contribution is 2.42. The summed E-state index contributed by atoms with van der Waals surface area (Å²) in [7, 11) is 0. The Labute approximate surface area is 193 Å². The number of aromatic nitrogens is 1. The predicted molar refractivity (Wildman–Crippen MR) is 121 cm³/mol. The molecule has 0 amide bonds. The van der Waals surface area contributed by atoms with Crippen molar-refractivity contribution >= 4 is 23.8 Å². The van der Waals surface area contributed by atoms with E-state index < -0.39 is 11.9 Å². The van der Waals surface area contributed by atoms with Crippen molar-refractivity contribution in [3.63, 3.8) is 0 Å². The number of ether oxygens (including phenoxy) is 1. The van der Waals surface area contributed by atoms with Gasteiger partial charge in [0.05, 0.1) is 11.4 Å². The topological polar surface area (TPSA) is 50.1 Å². The fourth-order valence-corrected chi connectivity index (χ4v) is 4.41. The van der Waals surface area contributed by atoms with Crippen LogP contribution in [0, 0.1) is 0 Å². The zero-order valence-electron chi connectivity index (χ0n) is 17.3. The first-order valence-corrected chi connectivity index (χ1v) is 10.7. The first kappa shape index (κ1) is 21.5. The summed E-state index contributed by atoms with van der Waals surface area (Å²) in [6, 6.07) is 15.4. The van der Waals surface area contributed by atoms with Crippen LogP contribution in [-0.2, 0) is 5.54 Å². The molecule has 0 fully saturated rings. The van der Waals surface area contributed by atoms with Crippen LogP contribution in [-0.4, -0.2) is 41.5 Å². The van der Waals surface area contributed by atoms with Gasteiger partial charge in [0.25, 0.3) is 0 Å². The Bertz CT molecular complexity index is 1240. The lowest BCUT2D eigenvalue weighted by atomic mass is 9.81. The van der Waals surface area contributed by atoms with Crippen molar-refractivity contribution in [2.24, 2.45) is 9.98 Å². The molecule has 2 aliphatic rings. The van der Waals surface area contributed by atoms with Gasteiger partial charge in [-0.2, -0.15) is 0 Å². The number of rotatable bonds is 4. The Kier molecular flexibility index (Phi) is 5.32. The van der Waals surface area contributed by atoms with Gasteiger partial charge in [0.2, 0.25) is 0 Å². The van der Waals surface area contributed by atoms with Crippen molar-refractivity contribution in [3.8, 4) is 16.9 Å². The monoisotopic (exact) mass is 470 g/mol. The second-order valence-electron chi connectivity index (χ2n) is 7.75. The lowest BCUT2D eigenvalue weighted by molar-refractivity contribution is -0.274. The van der Waals surface area contributed by atoms with Gasteiger partial charge in [0.15, 0.2) is 5.54 Å². The molecule has 0 saturated carbocycles. The minimum absolute atomic E-state index is 0.287. The summed E-state index contributed by atoms with van der Waals surface area (Å²) in [6.45, 7) is 1.43. The van der Waals surface area contributed by atoms with Gasteiger partial charge >= 0.3 is 6.36 Å². The molecule has 0 saturated heterocycles. The number of halogens is 4. The van der Waals surface area contributed by atoms with Gasteiger partial charge in [0, 0.05) is 31.0 Å². The molecule has 0 radical (unpaired) electrons. The zero-order chi connectivity index (χ0) is 23.1. The lowest BCUT2D eigenvalue weighted by Gasteiger charge is -2.33. The Balaban J connectivity index is 1.63. The third-order valence-electron chi connectivity index (χ3n) is 5.63. The first-order valence-electron chi connectivity index (χ1n) is 10.3. The summed E-state index contributed by atoms with van der Waals surface area (Å²) in [5.41, 5.74) is 2.28. The van der Waals surface area contributed by atoms with E-state index in [4.69, 9.17) is 21.6 Å². The molecule has 5 nitrogen and oxygen atoms in total. The molecule has 0 bridgehead atoms. The summed E-state index contributed by atoms with van der Waals surface area (Å²) < 4.78 is 42.0. The Morgan fingerprint density at radius 3 is 2.55 bits per heavy atom. The maximum atomic E-state index is 12.7. The molecule has 0 N–H and O–H groups in total. The van der Waals surface area contributed by atoms with Crippen molar-refractivity contribution in [2.45, 2.75) is 18.3 Å². The largest absolute Gasteiger partial charge is 0.573 e. The van der Waals surface area contributed by atoms with E-state index in [0.29, 0.717) is 17.1 Å². The van der Waals surface area contributed by atoms with E-state index in [-0.39, 0.29) is 5.75 Å². The van der Waals surface area contributed by atoms with Crippen molar-refractivity contribution in [2.75, 3.05) is 13.1 Å². The minimum Gasteiger partial charge on any atom is -0.406 e. The van der Waals surface area contributed by atoms with Crippen LogP contribution in [0.4, 0.5) is 13.2 Å². The molecule has 9 heteroatoms. The number of hydrogen-bond donors (Lipinski definition) is 0. The van der Waals surface area contributed by atoms with Crippen molar-refractivity contribution in [1.82, 2.24) is 9.88 Å². The maximum absolute atomic E-state index is 12.7. The summed E-state index contributed by atoms with van der Waals surface area (Å²) in [6.07, 6.45) is 1.19. The standard InChI is InChI=1S/C24H18ClF3N4O/c25-20-12-17(13-29-14-20)16-3-1-4-19(11-16)23(22-30-9-2-10-32(22)15-31-23)18-5-7-21(8-6-18)33-24(26,27)28/h1,3-8,11-15H,2,9-10H2. The van der Waals surface area contributed by atoms with E-state index >= 15 is 0 Å². The summed E-state index contributed by atoms with van der Waals surface area (Å²) in [4.78, 5) is 15.8. The van der Waals surface area contributed by atoms with Gasteiger partial charge in [-0.1, -0.05) is 41.9 Å². The van der Waals surface area contributed by atoms with Crippen molar-refractivity contribution in [3.05, 3.63) is 83.1 Å². The van der Waals surface area contributed by atoms with Crippen molar-refractivity contribution in [1.29, 1.82) is 0 Å². The van der Waals surface area contributed by atoms with Gasteiger partial charge in [-0.15, -0.1) is 13.2 Å². The Morgan fingerprint density at radius 1 is 0.970 bits per heavy atom. The molecule has 0 aliphatic carbocycles. The van der Waals surface area contributed by atoms with Crippen LogP contribution < -0.4 is 4.74 Å². The third kappa shape index (κ3) is 4.06. The molecule has 2 aromatic carbocycles. The molecular weight excluding hydrogens is 453 g/mol. The number of alkyl halides is 3.